The van der Waals surface area contributed by atoms with Crippen LogP contribution in [0.15, 0.2) is 41.0 Å². The van der Waals surface area contributed by atoms with Crippen LogP contribution < -0.4 is 10.6 Å². The highest BCUT2D eigenvalue weighted by molar-refractivity contribution is 5.96. The van der Waals surface area contributed by atoms with Gasteiger partial charge in [-0.1, -0.05) is 0 Å². The molecule has 2 N–H and O–H groups in total. The quantitative estimate of drug-likeness (QED) is 0.880. The lowest BCUT2D eigenvalue weighted by atomic mass is 10.2. The van der Waals surface area contributed by atoms with Crippen LogP contribution in [0.3, 0.4) is 0 Å². The summed E-state index contributed by atoms with van der Waals surface area (Å²) in [7, 11) is 0. The van der Waals surface area contributed by atoms with Crippen molar-refractivity contribution >= 4 is 11.8 Å². The molecule has 1 heterocycles. The molecule has 5 nitrogen and oxygen atoms in total. The average Bonchev–Trinajstić information content (AvgIpc) is 2.95. The minimum Gasteiger partial charge on any atom is -0.467 e. The molecule has 0 spiro atoms. The number of carbonyl (C=O) groups is 2. The highest BCUT2D eigenvalue weighted by Crippen LogP contribution is 2.09. The van der Waals surface area contributed by atoms with Gasteiger partial charge in [0.05, 0.1) is 24.9 Å². The van der Waals surface area contributed by atoms with Crippen LogP contribution >= 0.6 is 0 Å². The smallest absolute Gasteiger partial charge is 0.254 e. The zero-order valence-corrected chi connectivity index (χ0v) is 10.9. The number of carbonyl (C=O) groups excluding carboxylic acids is 2. The van der Waals surface area contributed by atoms with Gasteiger partial charge in [-0.05, 0) is 24.3 Å². The Morgan fingerprint density at radius 3 is 2.62 bits per heavy atom. The zero-order chi connectivity index (χ0) is 15.2. The summed E-state index contributed by atoms with van der Waals surface area (Å²) in [6.45, 7) is -0.136. The lowest BCUT2D eigenvalue weighted by molar-refractivity contribution is -0.120. The van der Waals surface area contributed by atoms with Crippen LogP contribution in [0.2, 0.25) is 0 Å². The first-order valence-electron chi connectivity index (χ1n) is 6.08. The molecule has 0 fully saturated rings. The summed E-state index contributed by atoms with van der Waals surface area (Å²) in [5.41, 5.74) is -0.324. The molecule has 0 saturated heterocycles. The highest BCUT2D eigenvalue weighted by Gasteiger charge is 2.13. The van der Waals surface area contributed by atoms with Crippen molar-refractivity contribution in [1.29, 1.82) is 0 Å². The third-order valence-corrected chi connectivity index (χ3v) is 2.63. The Morgan fingerprint density at radius 1 is 1.14 bits per heavy atom. The van der Waals surface area contributed by atoms with Gasteiger partial charge >= 0.3 is 0 Å². The SMILES string of the molecule is O=C(CNC(=O)c1ccc(F)cc1F)NCc1ccco1. The highest BCUT2D eigenvalue weighted by atomic mass is 19.1. The first-order valence-corrected chi connectivity index (χ1v) is 6.08. The first kappa shape index (κ1) is 14.7. The third-order valence-electron chi connectivity index (χ3n) is 2.63. The second-order valence-electron chi connectivity index (χ2n) is 4.16. The van der Waals surface area contributed by atoms with Crippen LogP contribution in [0.25, 0.3) is 0 Å². The number of furan rings is 1. The lowest BCUT2D eigenvalue weighted by Gasteiger charge is -2.06. The minimum absolute atomic E-state index is 0.187. The maximum Gasteiger partial charge on any atom is 0.254 e. The van der Waals surface area contributed by atoms with E-state index >= 15 is 0 Å². The van der Waals surface area contributed by atoms with Crippen LogP contribution in [-0.4, -0.2) is 18.4 Å². The second kappa shape index (κ2) is 6.65. The first-order chi connectivity index (χ1) is 10.1. The van der Waals surface area contributed by atoms with E-state index in [0.717, 1.165) is 12.1 Å². The van der Waals surface area contributed by atoms with Gasteiger partial charge in [0.25, 0.3) is 5.91 Å². The molecule has 7 heteroatoms. The van der Waals surface area contributed by atoms with Gasteiger partial charge in [-0.3, -0.25) is 9.59 Å². The number of nitrogens with one attached hydrogen (secondary N) is 2. The van der Waals surface area contributed by atoms with Crippen molar-refractivity contribution in [2.75, 3.05) is 6.54 Å². The number of halogens is 2. The third kappa shape index (κ3) is 4.13. The number of hydrogen-bond acceptors (Lipinski definition) is 3. The molecular weight excluding hydrogens is 282 g/mol. The van der Waals surface area contributed by atoms with Crippen molar-refractivity contribution in [1.82, 2.24) is 10.6 Å². The fraction of sp³-hybridized carbons (Fsp3) is 0.143. The van der Waals surface area contributed by atoms with Gasteiger partial charge in [-0.2, -0.15) is 0 Å². The van der Waals surface area contributed by atoms with Crippen LogP contribution in [0, 0.1) is 11.6 Å². The minimum atomic E-state index is -0.983. The average molecular weight is 294 g/mol. The Bertz CT molecular complexity index is 642. The van der Waals surface area contributed by atoms with Gasteiger partial charge in [-0.15, -0.1) is 0 Å². The largest absolute Gasteiger partial charge is 0.467 e. The molecule has 0 radical (unpaired) electrons. The summed E-state index contributed by atoms with van der Waals surface area (Å²) in [4.78, 5) is 23.1. The normalized spacial score (nSPS) is 10.2. The molecule has 0 unspecified atom stereocenters. The van der Waals surface area contributed by atoms with Gasteiger partial charge in [0.15, 0.2) is 0 Å². The van der Waals surface area contributed by atoms with Crippen LogP contribution in [-0.2, 0) is 11.3 Å². The topological polar surface area (TPSA) is 71.3 Å². The molecule has 0 aliphatic carbocycles. The maximum absolute atomic E-state index is 13.3. The summed E-state index contributed by atoms with van der Waals surface area (Å²) in [5.74, 6) is -2.44. The van der Waals surface area contributed by atoms with Crippen LogP contribution in [0.5, 0.6) is 0 Å². The van der Waals surface area contributed by atoms with E-state index in [2.05, 4.69) is 10.6 Å². The van der Waals surface area contributed by atoms with Crippen LogP contribution in [0.4, 0.5) is 8.78 Å². The molecule has 0 aliphatic heterocycles. The molecule has 0 saturated carbocycles. The van der Waals surface area contributed by atoms with Crippen molar-refractivity contribution < 1.29 is 22.8 Å². The van der Waals surface area contributed by atoms with Gasteiger partial charge in [0.1, 0.15) is 17.4 Å². The Hall–Kier alpha value is -2.70. The summed E-state index contributed by atoms with van der Waals surface area (Å²) >= 11 is 0. The Labute approximate surface area is 118 Å². The fourth-order valence-corrected chi connectivity index (χ4v) is 1.59. The maximum atomic E-state index is 13.3. The Balaban J connectivity index is 1.81. The molecule has 1 aromatic heterocycles. The van der Waals surface area contributed by atoms with E-state index in [1.165, 1.54) is 6.26 Å². The van der Waals surface area contributed by atoms with Gasteiger partial charge in [0.2, 0.25) is 5.91 Å². The molecule has 0 aliphatic rings. The predicted octanol–water partition coefficient (Wildman–Crippen LogP) is 1.60. The van der Waals surface area contributed by atoms with Crippen molar-refractivity contribution in [3.8, 4) is 0 Å². The molecule has 21 heavy (non-hydrogen) atoms. The van der Waals surface area contributed by atoms with E-state index in [-0.39, 0.29) is 18.7 Å². The van der Waals surface area contributed by atoms with Crippen molar-refractivity contribution in [3.63, 3.8) is 0 Å². The summed E-state index contributed by atoms with van der Waals surface area (Å²) < 4.78 is 31.1. The fourth-order valence-electron chi connectivity index (χ4n) is 1.59. The van der Waals surface area contributed by atoms with E-state index in [4.69, 9.17) is 4.42 Å². The molecule has 0 atom stereocenters. The standard InChI is InChI=1S/C14H12F2N2O3/c15-9-3-4-11(12(16)6-9)14(20)18-8-13(19)17-7-10-2-1-5-21-10/h1-6H,7-8H2,(H,17,19)(H,18,20). The molecule has 2 rings (SSSR count). The molecule has 1 aromatic carbocycles. The monoisotopic (exact) mass is 294 g/mol. The van der Waals surface area contributed by atoms with Gasteiger partial charge in [-0.25, -0.2) is 8.78 Å². The molecule has 2 amide bonds. The number of hydrogen-bond donors (Lipinski definition) is 2. The lowest BCUT2D eigenvalue weighted by Crippen LogP contribution is -2.36. The Morgan fingerprint density at radius 2 is 1.95 bits per heavy atom. The van der Waals surface area contributed by atoms with Gasteiger partial charge < -0.3 is 15.1 Å². The van der Waals surface area contributed by atoms with E-state index in [0.29, 0.717) is 11.8 Å². The number of amides is 2. The van der Waals surface area contributed by atoms with E-state index in [9.17, 15) is 18.4 Å². The van der Waals surface area contributed by atoms with E-state index < -0.39 is 23.4 Å². The van der Waals surface area contributed by atoms with Crippen molar-refractivity contribution in [3.05, 3.63) is 59.6 Å². The van der Waals surface area contributed by atoms with E-state index in [1.807, 2.05) is 0 Å². The predicted molar refractivity (Wildman–Crippen MR) is 69.2 cm³/mol. The van der Waals surface area contributed by atoms with Gasteiger partial charge in [0, 0.05) is 6.07 Å². The zero-order valence-electron chi connectivity index (χ0n) is 10.9. The summed E-state index contributed by atoms with van der Waals surface area (Å²) in [5, 5.41) is 4.76. The van der Waals surface area contributed by atoms with Crippen molar-refractivity contribution in [2.45, 2.75) is 6.54 Å². The summed E-state index contributed by atoms with van der Waals surface area (Å²) in [6, 6.07) is 5.95. The van der Waals surface area contributed by atoms with Crippen LogP contribution in [0.1, 0.15) is 16.1 Å². The molecule has 2 aromatic rings. The Kier molecular flexibility index (Phi) is 4.65. The second-order valence-corrected chi connectivity index (χ2v) is 4.16. The molecule has 110 valence electrons. The number of rotatable bonds is 5. The van der Waals surface area contributed by atoms with E-state index in [1.54, 1.807) is 12.1 Å². The molecular formula is C14H12F2N2O3. The summed E-state index contributed by atoms with van der Waals surface area (Å²) in [6.07, 6.45) is 1.47. The molecule has 0 bridgehead atoms. The number of benzene rings is 1. The van der Waals surface area contributed by atoms with Crippen molar-refractivity contribution in [2.24, 2.45) is 0 Å².